The van der Waals surface area contributed by atoms with Gasteiger partial charge in [0.1, 0.15) is 0 Å². The molecule has 3 heteroatoms. The van der Waals surface area contributed by atoms with Crippen LogP contribution in [0.4, 0.5) is 0 Å². The van der Waals surface area contributed by atoms with Crippen molar-refractivity contribution in [1.82, 2.24) is 9.80 Å². The molecule has 0 spiro atoms. The first-order valence-electron chi connectivity index (χ1n) is 6.60. The van der Waals surface area contributed by atoms with Crippen molar-refractivity contribution in [3.05, 3.63) is 35.4 Å². The normalized spacial score (nSPS) is 20.1. The van der Waals surface area contributed by atoms with Gasteiger partial charge in [0, 0.05) is 25.2 Å². The molecule has 0 N–H and O–H groups in total. The number of nitrogens with zero attached hydrogens (tertiary/aromatic N) is 2. The first-order valence-corrected chi connectivity index (χ1v) is 6.60. The molecule has 0 aliphatic carbocycles. The number of likely N-dealkylation sites (tertiary alicyclic amines) is 1. The Morgan fingerprint density at radius 1 is 1.50 bits per heavy atom. The number of hydrogen-bond acceptors (Lipinski definition) is 2. The molecule has 0 bridgehead atoms. The molecule has 2 rings (SSSR count). The van der Waals surface area contributed by atoms with Crippen molar-refractivity contribution in [2.24, 2.45) is 0 Å². The fourth-order valence-electron chi connectivity index (χ4n) is 2.61. The number of carbonyl (C=O) groups excluding carboxylic acids is 1. The Morgan fingerprint density at radius 3 is 2.89 bits per heavy atom. The number of amides is 1. The predicted molar refractivity (Wildman–Crippen MR) is 73.8 cm³/mol. The average molecular weight is 246 g/mol. The summed E-state index contributed by atoms with van der Waals surface area (Å²) >= 11 is 0. The third-order valence-electron chi connectivity index (χ3n) is 3.77. The third kappa shape index (κ3) is 2.91. The molecule has 1 fully saturated rings. The molecule has 1 saturated heterocycles. The van der Waals surface area contributed by atoms with Gasteiger partial charge in [0.25, 0.3) is 5.91 Å². The van der Waals surface area contributed by atoms with E-state index in [4.69, 9.17) is 0 Å². The van der Waals surface area contributed by atoms with Crippen LogP contribution >= 0.6 is 0 Å². The van der Waals surface area contributed by atoms with E-state index in [-0.39, 0.29) is 5.91 Å². The van der Waals surface area contributed by atoms with E-state index in [1.54, 1.807) is 0 Å². The van der Waals surface area contributed by atoms with Gasteiger partial charge in [-0.05, 0) is 45.5 Å². The molecule has 98 valence electrons. The molecule has 1 heterocycles. The summed E-state index contributed by atoms with van der Waals surface area (Å²) in [6, 6.07) is 8.32. The van der Waals surface area contributed by atoms with Gasteiger partial charge in [0.15, 0.2) is 0 Å². The molecule has 18 heavy (non-hydrogen) atoms. The number of rotatable bonds is 3. The van der Waals surface area contributed by atoms with Gasteiger partial charge >= 0.3 is 0 Å². The van der Waals surface area contributed by atoms with Crippen LogP contribution in [0.1, 0.15) is 28.8 Å². The fourth-order valence-corrected chi connectivity index (χ4v) is 2.61. The van der Waals surface area contributed by atoms with E-state index in [1.807, 2.05) is 43.1 Å². The lowest BCUT2D eigenvalue weighted by molar-refractivity contribution is 0.0761. The number of carbonyl (C=O) groups is 1. The van der Waals surface area contributed by atoms with E-state index >= 15 is 0 Å². The lowest BCUT2D eigenvalue weighted by atomic mass is 10.1. The Hall–Kier alpha value is -1.35. The number of likely N-dealkylation sites (N-methyl/N-ethyl adjacent to an activating group) is 2. The largest absolute Gasteiger partial charge is 0.340 e. The summed E-state index contributed by atoms with van der Waals surface area (Å²) in [5, 5.41) is 0. The number of benzene rings is 1. The highest BCUT2D eigenvalue weighted by Gasteiger charge is 2.24. The Morgan fingerprint density at radius 2 is 2.28 bits per heavy atom. The quantitative estimate of drug-likeness (QED) is 0.816. The Balaban J connectivity index is 2.00. The maximum absolute atomic E-state index is 12.3. The van der Waals surface area contributed by atoms with Crippen LogP contribution in [-0.4, -0.2) is 48.9 Å². The van der Waals surface area contributed by atoms with Crippen LogP contribution in [0.5, 0.6) is 0 Å². The third-order valence-corrected chi connectivity index (χ3v) is 3.77. The van der Waals surface area contributed by atoms with Crippen molar-refractivity contribution in [3.63, 3.8) is 0 Å². The van der Waals surface area contributed by atoms with Crippen molar-refractivity contribution < 1.29 is 4.79 Å². The van der Waals surface area contributed by atoms with Crippen LogP contribution < -0.4 is 0 Å². The van der Waals surface area contributed by atoms with Crippen molar-refractivity contribution in [2.75, 3.05) is 27.2 Å². The summed E-state index contributed by atoms with van der Waals surface area (Å²) in [7, 11) is 4.04. The summed E-state index contributed by atoms with van der Waals surface area (Å²) in [6.07, 6.45) is 2.44. The van der Waals surface area contributed by atoms with E-state index in [9.17, 15) is 4.79 Å². The second-order valence-electron chi connectivity index (χ2n) is 5.33. The van der Waals surface area contributed by atoms with E-state index in [2.05, 4.69) is 11.9 Å². The molecule has 1 unspecified atom stereocenters. The molecule has 1 aromatic carbocycles. The molecule has 1 aromatic rings. The summed E-state index contributed by atoms with van der Waals surface area (Å²) in [5.41, 5.74) is 1.92. The number of hydrogen-bond donors (Lipinski definition) is 0. The molecule has 3 nitrogen and oxygen atoms in total. The van der Waals surface area contributed by atoms with Gasteiger partial charge in [-0.15, -0.1) is 0 Å². The summed E-state index contributed by atoms with van der Waals surface area (Å²) < 4.78 is 0. The maximum Gasteiger partial charge on any atom is 0.253 e. The second kappa shape index (κ2) is 5.53. The van der Waals surface area contributed by atoms with Gasteiger partial charge < -0.3 is 9.80 Å². The zero-order chi connectivity index (χ0) is 13.1. The second-order valence-corrected chi connectivity index (χ2v) is 5.33. The summed E-state index contributed by atoms with van der Waals surface area (Å²) in [5.74, 6) is 0.124. The minimum atomic E-state index is 0.124. The summed E-state index contributed by atoms with van der Waals surface area (Å²) in [4.78, 5) is 16.5. The zero-order valence-electron chi connectivity index (χ0n) is 11.5. The minimum Gasteiger partial charge on any atom is -0.340 e. The minimum absolute atomic E-state index is 0.124. The van der Waals surface area contributed by atoms with E-state index in [0.29, 0.717) is 6.04 Å². The molecule has 1 aliphatic rings. The Kier molecular flexibility index (Phi) is 4.02. The van der Waals surface area contributed by atoms with E-state index < -0.39 is 0 Å². The van der Waals surface area contributed by atoms with Gasteiger partial charge in [0.05, 0.1) is 0 Å². The van der Waals surface area contributed by atoms with E-state index in [1.165, 1.54) is 12.8 Å². The van der Waals surface area contributed by atoms with Crippen LogP contribution in [0.2, 0.25) is 0 Å². The Labute approximate surface area is 109 Å². The molecule has 0 aromatic heterocycles. The molecule has 0 radical (unpaired) electrons. The standard InChI is InChI=1S/C15H22N2O/c1-12-6-4-7-13(10-12)15(18)17(3)11-14-8-5-9-16(14)2/h4,6-7,10,14H,5,8-9,11H2,1-3H3. The van der Waals surface area contributed by atoms with Gasteiger partial charge in [0.2, 0.25) is 0 Å². The number of aryl methyl sites for hydroxylation is 1. The van der Waals surface area contributed by atoms with Crippen molar-refractivity contribution in [3.8, 4) is 0 Å². The highest BCUT2D eigenvalue weighted by atomic mass is 16.2. The van der Waals surface area contributed by atoms with Crippen molar-refractivity contribution >= 4 is 5.91 Å². The maximum atomic E-state index is 12.3. The Bertz CT molecular complexity index is 430. The highest BCUT2D eigenvalue weighted by molar-refractivity contribution is 5.94. The lowest BCUT2D eigenvalue weighted by Gasteiger charge is -2.26. The molecule has 1 atom stereocenters. The predicted octanol–water partition coefficient (Wildman–Crippen LogP) is 2.16. The van der Waals surface area contributed by atoms with Gasteiger partial charge in [-0.1, -0.05) is 17.7 Å². The average Bonchev–Trinajstić information content (AvgIpc) is 2.74. The molecule has 1 amide bonds. The van der Waals surface area contributed by atoms with Gasteiger partial charge in [-0.25, -0.2) is 0 Å². The van der Waals surface area contributed by atoms with Crippen molar-refractivity contribution in [1.29, 1.82) is 0 Å². The molecular weight excluding hydrogens is 224 g/mol. The van der Waals surface area contributed by atoms with Gasteiger partial charge in [-0.3, -0.25) is 4.79 Å². The molecule has 1 aliphatic heterocycles. The topological polar surface area (TPSA) is 23.6 Å². The van der Waals surface area contributed by atoms with Crippen LogP contribution in [0.3, 0.4) is 0 Å². The van der Waals surface area contributed by atoms with Crippen LogP contribution in [0.25, 0.3) is 0 Å². The first-order chi connectivity index (χ1) is 8.58. The molecular formula is C15H22N2O. The molecule has 0 saturated carbocycles. The highest BCUT2D eigenvalue weighted by Crippen LogP contribution is 2.16. The van der Waals surface area contributed by atoms with Crippen LogP contribution in [0.15, 0.2) is 24.3 Å². The van der Waals surface area contributed by atoms with Crippen LogP contribution in [-0.2, 0) is 0 Å². The fraction of sp³-hybridized carbons (Fsp3) is 0.533. The lowest BCUT2D eigenvalue weighted by Crippen LogP contribution is -2.39. The zero-order valence-corrected chi connectivity index (χ0v) is 11.5. The smallest absolute Gasteiger partial charge is 0.253 e. The SMILES string of the molecule is Cc1cccc(C(=O)N(C)CC2CCCN2C)c1. The first kappa shape index (κ1) is 13.1. The monoisotopic (exact) mass is 246 g/mol. The van der Waals surface area contributed by atoms with Crippen LogP contribution in [0, 0.1) is 6.92 Å². The van der Waals surface area contributed by atoms with Gasteiger partial charge in [-0.2, -0.15) is 0 Å². The van der Waals surface area contributed by atoms with Crippen molar-refractivity contribution in [2.45, 2.75) is 25.8 Å². The summed E-state index contributed by atoms with van der Waals surface area (Å²) in [6.45, 7) is 3.99. The van der Waals surface area contributed by atoms with E-state index in [0.717, 1.165) is 24.2 Å².